The molecule has 22 heavy (non-hydrogen) atoms. The third-order valence-corrected chi connectivity index (χ3v) is 4.20. The van der Waals surface area contributed by atoms with Crippen LogP contribution in [0.3, 0.4) is 0 Å². The molecule has 0 radical (unpaired) electrons. The molecule has 1 aliphatic rings. The van der Waals surface area contributed by atoms with Crippen molar-refractivity contribution in [1.29, 1.82) is 0 Å². The zero-order valence-electron chi connectivity index (χ0n) is 12.4. The summed E-state index contributed by atoms with van der Waals surface area (Å²) >= 11 is 2.27. The van der Waals surface area contributed by atoms with Gasteiger partial charge in [0.1, 0.15) is 11.6 Å². The fraction of sp³-hybridized carbons (Fsp3) is 0.312. The average molecular weight is 411 g/mol. The van der Waals surface area contributed by atoms with Crippen molar-refractivity contribution in [2.45, 2.75) is 0 Å². The molecule has 1 fully saturated rings. The second kappa shape index (κ2) is 7.15. The molecule has 5 nitrogen and oxygen atoms in total. The lowest BCUT2D eigenvalue weighted by atomic mass is 10.2. The SMILES string of the molecule is COc1cc(Nc2cc(I)ccn2)ccc1N1CCOCC1. The van der Waals surface area contributed by atoms with Crippen LogP contribution < -0.4 is 15.0 Å². The summed E-state index contributed by atoms with van der Waals surface area (Å²) in [6, 6.07) is 10.1. The van der Waals surface area contributed by atoms with Crippen LogP contribution in [0.4, 0.5) is 17.2 Å². The van der Waals surface area contributed by atoms with Crippen molar-refractivity contribution in [2.24, 2.45) is 0 Å². The van der Waals surface area contributed by atoms with Gasteiger partial charge >= 0.3 is 0 Å². The fourth-order valence-electron chi connectivity index (χ4n) is 2.44. The number of morpholine rings is 1. The lowest BCUT2D eigenvalue weighted by molar-refractivity contribution is 0.122. The Labute approximate surface area is 143 Å². The minimum atomic E-state index is 0.759. The number of nitrogens with zero attached hydrogens (tertiary/aromatic N) is 2. The Hall–Kier alpha value is -1.54. The minimum absolute atomic E-state index is 0.759. The van der Waals surface area contributed by atoms with Crippen molar-refractivity contribution in [3.05, 3.63) is 40.1 Å². The van der Waals surface area contributed by atoms with Gasteiger partial charge in [0.05, 0.1) is 26.0 Å². The van der Waals surface area contributed by atoms with Gasteiger partial charge in [0, 0.05) is 34.6 Å². The Morgan fingerprint density at radius 1 is 1.23 bits per heavy atom. The first-order chi connectivity index (χ1) is 10.8. The molecule has 6 heteroatoms. The maximum Gasteiger partial charge on any atom is 0.144 e. The largest absolute Gasteiger partial charge is 0.495 e. The Bertz CT molecular complexity index is 645. The first-order valence-corrected chi connectivity index (χ1v) is 8.23. The van der Waals surface area contributed by atoms with Crippen molar-refractivity contribution in [1.82, 2.24) is 4.98 Å². The zero-order chi connectivity index (χ0) is 15.4. The van der Waals surface area contributed by atoms with E-state index in [4.69, 9.17) is 9.47 Å². The van der Waals surface area contributed by atoms with Gasteiger partial charge in [-0.25, -0.2) is 4.98 Å². The summed E-state index contributed by atoms with van der Waals surface area (Å²) in [6.07, 6.45) is 1.80. The minimum Gasteiger partial charge on any atom is -0.495 e. The second-order valence-electron chi connectivity index (χ2n) is 4.97. The molecule has 1 saturated heterocycles. The smallest absolute Gasteiger partial charge is 0.144 e. The van der Waals surface area contributed by atoms with Crippen LogP contribution in [0.2, 0.25) is 0 Å². The zero-order valence-corrected chi connectivity index (χ0v) is 14.5. The van der Waals surface area contributed by atoms with Gasteiger partial charge in [0.25, 0.3) is 0 Å². The lowest BCUT2D eigenvalue weighted by Gasteiger charge is -2.30. The number of pyridine rings is 1. The monoisotopic (exact) mass is 411 g/mol. The van der Waals surface area contributed by atoms with Crippen molar-refractivity contribution in [3.63, 3.8) is 0 Å². The van der Waals surface area contributed by atoms with Crippen LogP contribution in [0.1, 0.15) is 0 Å². The fourth-order valence-corrected chi connectivity index (χ4v) is 2.90. The Balaban J connectivity index is 1.81. The summed E-state index contributed by atoms with van der Waals surface area (Å²) in [7, 11) is 1.70. The van der Waals surface area contributed by atoms with Crippen LogP contribution in [-0.2, 0) is 4.74 Å². The van der Waals surface area contributed by atoms with E-state index in [0.717, 1.165) is 52.8 Å². The van der Waals surface area contributed by atoms with Gasteiger partial charge in [-0.05, 0) is 46.9 Å². The lowest BCUT2D eigenvalue weighted by Crippen LogP contribution is -2.36. The maximum atomic E-state index is 5.56. The number of aromatic nitrogens is 1. The first kappa shape index (κ1) is 15.4. The predicted molar refractivity (Wildman–Crippen MR) is 96.3 cm³/mol. The number of benzene rings is 1. The number of nitrogens with one attached hydrogen (secondary N) is 1. The summed E-state index contributed by atoms with van der Waals surface area (Å²) in [6.45, 7) is 3.30. The molecule has 0 amide bonds. The summed E-state index contributed by atoms with van der Waals surface area (Å²) in [5, 5.41) is 3.31. The van der Waals surface area contributed by atoms with E-state index in [1.54, 1.807) is 13.3 Å². The number of hydrogen-bond donors (Lipinski definition) is 1. The van der Waals surface area contributed by atoms with Crippen LogP contribution in [0.5, 0.6) is 5.75 Å². The topological polar surface area (TPSA) is 46.6 Å². The second-order valence-corrected chi connectivity index (χ2v) is 6.22. The number of rotatable bonds is 4. The first-order valence-electron chi connectivity index (χ1n) is 7.15. The Morgan fingerprint density at radius 3 is 2.77 bits per heavy atom. The van der Waals surface area contributed by atoms with Crippen LogP contribution in [0.15, 0.2) is 36.5 Å². The van der Waals surface area contributed by atoms with Gasteiger partial charge in [-0.1, -0.05) is 0 Å². The number of ether oxygens (including phenoxy) is 2. The third-order valence-electron chi connectivity index (χ3n) is 3.53. The standard InChI is InChI=1S/C16H18IN3O2/c1-21-15-11-13(19-16-10-12(17)4-5-18-16)2-3-14(15)20-6-8-22-9-7-20/h2-5,10-11H,6-9H2,1H3,(H,18,19). The number of methoxy groups -OCH3 is 1. The van der Waals surface area contributed by atoms with Gasteiger partial charge < -0.3 is 19.7 Å². The van der Waals surface area contributed by atoms with Gasteiger partial charge in [0.2, 0.25) is 0 Å². The molecule has 0 atom stereocenters. The molecular weight excluding hydrogens is 393 g/mol. The van der Waals surface area contributed by atoms with Crippen LogP contribution in [0, 0.1) is 3.57 Å². The molecule has 0 spiro atoms. The van der Waals surface area contributed by atoms with E-state index in [-0.39, 0.29) is 0 Å². The number of anilines is 3. The molecule has 2 heterocycles. The summed E-state index contributed by atoms with van der Waals surface area (Å²) in [5.74, 6) is 1.69. The summed E-state index contributed by atoms with van der Waals surface area (Å²) < 4.78 is 12.1. The average Bonchev–Trinajstić information content (AvgIpc) is 2.55. The van der Waals surface area contributed by atoms with E-state index >= 15 is 0 Å². The van der Waals surface area contributed by atoms with Crippen LogP contribution in [0.25, 0.3) is 0 Å². The molecule has 1 N–H and O–H groups in total. The number of halogens is 1. The Morgan fingerprint density at radius 2 is 2.05 bits per heavy atom. The molecule has 0 saturated carbocycles. The van der Waals surface area contributed by atoms with E-state index in [1.165, 1.54) is 0 Å². The van der Waals surface area contributed by atoms with Crippen molar-refractivity contribution >= 4 is 39.8 Å². The molecule has 116 valence electrons. The molecule has 0 aliphatic carbocycles. The predicted octanol–water partition coefficient (Wildman–Crippen LogP) is 3.28. The van der Waals surface area contributed by atoms with E-state index in [9.17, 15) is 0 Å². The Kier molecular flexibility index (Phi) is 4.99. The molecule has 1 aromatic carbocycles. The van der Waals surface area contributed by atoms with Crippen LogP contribution >= 0.6 is 22.6 Å². The van der Waals surface area contributed by atoms with Crippen LogP contribution in [-0.4, -0.2) is 38.4 Å². The highest BCUT2D eigenvalue weighted by Crippen LogP contribution is 2.32. The van der Waals surface area contributed by atoms with E-state index < -0.39 is 0 Å². The van der Waals surface area contributed by atoms with E-state index in [0.29, 0.717) is 0 Å². The van der Waals surface area contributed by atoms with Gasteiger partial charge in [-0.2, -0.15) is 0 Å². The molecule has 0 unspecified atom stereocenters. The molecule has 0 bridgehead atoms. The number of hydrogen-bond acceptors (Lipinski definition) is 5. The molecule has 1 aromatic heterocycles. The maximum absolute atomic E-state index is 5.56. The molecule has 1 aliphatic heterocycles. The van der Waals surface area contributed by atoms with Crippen molar-refractivity contribution in [3.8, 4) is 5.75 Å². The van der Waals surface area contributed by atoms with Gasteiger partial charge in [-0.15, -0.1) is 0 Å². The van der Waals surface area contributed by atoms with Gasteiger partial charge in [-0.3, -0.25) is 0 Å². The third kappa shape index (κ3) is 3.61. The molecule has 2 aromatic rings. The van der Waals surface area contributed by atoms with E-state index in [2.05, 4.69) is 49.9 Å². The molecular formula is C16H18IN3O2. The molecule has 3 rings (SSSR count). The van der Waals surface area contributed by atoms with Crippen molar-refractivity contribution in [2.75, 3.05) is 43.6 Å². The van der Waals surface area contributed by atoms with E-state index in [1.807, 2.05) is 18.2 Å². The highest BCUT2D eigenvalue weighted by atomic mass is 127. The highest BCUT2D eigenvalue weighted by molar-refractivity contribution is 14.1. The summed E-state index contributed by atoms with van der Waals surface area (Å²) in [4.78, 5) is 6.61. The highest BCUT2D eigenvalue weighted by Gasteiger charge is 2.15. The quantitative estimate of drug-likeness (QED) is 0.783. The normalized spacial score (nSPS) is 14.7. The van der Waals surface area contributed by atoms with Gasteiger partial charge in [0.15, 0.2) is 0 Å². The van der Waals surface area contributed by atoms with Crippen molar-refractivity contribution < 1.29 is 9.47 Å². The summed E-state index contributed by atoms with van der Waals surface area (Å²) in [5.41, 5.74) is 2.07.